The van der Waals surface area contributed by atoms with E-state index in [0.29, 0.717) is 0 Å². The molecule has 3 heteroatoms. The molecule has 2 aromatic rings. The highest BCUT2D eigenvalue weighted by Crippen LogP contribution is 2.51. The summed E-state index contributed by atoms with van der Waals surface area (Å²) in [6.45, 7) is 2.12. The maximum Gasteiger partial charge on any atom is 0.261 e. The minimum atomic E-state index is -3.06. The van der Waals surface area contributed by atoms with Crippen molar-refractivity contribution in [1.29, 1.82) is 0 Å². The molecule has 1 fully saturated rings. The van der Waals surface area contributed by atoms with Crippen LogP contribution in [0.5, 0.6) is 0 Å². The topological polar surface area (TPSA) is 26.3 Å². The first-order valence-electron chi connectivity index (χ1n) is 8.04. The third-order valence-corrected chi connectivity index (χ3v) is 7.11. The molecule has 0 aromatic heterocycles. The van der Waals surface area contributed by atoms with Crippen molar-refractivity contribution in [2.24, 2.45) is 0 Å². The van der Waals surface area contributed by atoms with Crippen molar-refractivity contribution in [1.82, 2.24) is 0 Å². The van der Waals surface area contributed by atoms with Crippen LogP contribution in [0.3, 0.4) is 0 Å². The second-order valence-corrected chi connectivity index (χ2v) is 8.64. The van der Waals surface area contributed by atoms with Crippen LogP contribution in [0, 0.1) is 0 Å². The summed E-state index contributed by atoms with van der Waals surface area (Å²) in [5.41, 5.74) is -0.292. The molecule has 0 saturated heterocycles. The Morgan fingerprint density at radius 2 is 1.27 bits per heavy atom. The minimum Gasteiger partial charge on any atom is -0.316 e. The molecule has 22 heavy (non-hydrogen) atoms. The molecule has 1 saturated carbocycles. The van der Waals surface area contributed by atoms with Crippen LogP contribution in [0.1, 0.15) is 39.0 Å². The summed E-state index contributed by atoms with van der Waals surface area (Å²) in [4.78, 5) is 0. The van der Waals surface area contributed by atoms with E-state index in [-0.39, 0.29) is 5.60 Å². The molecule has 0 spiro atoms. The molecule has 0 radical (unpaired) electrons. The van der Waals surface area contributed by atoms with Gasteiger partial charge in [-0.2, -0.15) is 0 Å². The molecular weight excluding hydrogens is 291 g/mol. The van der Waals surface area contributed by atoms with Crippen molar-refractivity contribution in [2.45, 2.75) is 44.6 Å². The van der Waals surface area contributed by atoms with Gasteiger partial charge in [-0.05, 0) is 44.0 Å². The maximum atomic E-state index is 13.9. The fraction of sp³-hybridized carbons (Fsp3) is 0.368. The van der Waals surface area contributed by atoms with Gasteiger partial charge in [0.05, 0.1) is 5.60 Å². The first kappa shape index (κ1) is 15.5. The average Bonchev–Trinajstić information content (AvgIpc) is 2.57. The lowest BCUT2D eigenvalue weighted by molar-refractivity contribution is 0.0562. The lowest BCUT2D eigenvalue weighted by Gasteiger charge is -2.37. The number of rotatable bonds is 4. The van der Waals surface area contributed by atoms with E-state index in [1.54, 1.807) is 0 Å². The van der Waals surface area contributed by atoms with Gasteiger partial charge >= 0.3 is 0 Å². The van der Waals surface area contributed by atoms with E-state index in [1.165, 1.54) is 6.42 Å². The Morgan fingerprint density at radius 3 is 1.73 bits per heavy atom. The predicted molar refractivity (Wildman–Crippen MR) is 92.3 cm³/mol. The van der Waals surface area contributed by atoms with Gasteiger partial charge < -0.3 is 4.52 Å². The smallest absolute Gasteiger partial charge is 0.261 e. The summed E-state index contributed by atoms with van der Waals surface area (Å²) in [7, 11) is -3.06. The van der Waals surface area contributed by atoms with Gasteiger partial charge in [0.2, 0.25) is 0 Å². The molecule has 1 aliphatic rings. The molecule has 116 valence electrons. The van der Waals surface area contributed by atoms with Crippen LogP contribution < -0.4 is 10.6 Å². The monoisotopic (exact) mass is 314 g/mol. The van der Waals surface area contributed by atoms with Gasteiger partial charge in [0.25, 0.3) is 7.37 Å². The first-order chi connectivity index (χ1) is 10.6. The minimum absolute atomic E-state index is 0.292. The van der Waals surface area contributed by atoms with Crippen LogP contribution in [0.25, 0.3) is 0 Å². The molecule has 0 heterocycles. The van der Waals surface area contributed by atoms with Crippen molar-refractivity contribution >= 4 is 18.0 Å². The Balaban J connectivity index is 2.02. The van der Waals surface area contributed by atoms with Crippen LogP contribution in [0.2, 0.25) is 0 Å². The first-order valence-corrected chi connectivity index (χ1v) is 9.67. The highest BCUT2D eigenvalue weighted by atomic mass is 31.2. The lowest BCUT2D eigenvalue weighted by atomic mass is 9.87. The Labute approximate surface area is 133 Å². The number of hydrogen-bond acceptors (Lipinski definition) is 2. The third kappa shape index (κ3) is 3.19. The predicted octanol–water partition coefficient (Wildman–Crippen LogP) is 4.65. The fourth-order valence-corrected chi connectivity index (χ4v) is 5.65. The van der Waals surface area contributed by atoms with Crippen LogP contribution in [-0.4, -0.2) is 5.60 Å². The van der Waals surface area contributed by atoms with Crippen molar-refractivity contribution in [3.8, 4) is 0 Å². The van der Waals surface area contributed by atoms with Crippen molar-refractivity contribution in [2.75, 3.05) is 0 Å². The van der Waals surface area contributed by atoms with Crippen LogP contribution in [0.15, 0.2) is 60.7 Å². The van der Waals surface area contributed by atoms with Gasteiger partial charge in [-0.15, -0.1) is 0 Å². The molecule has 3 rings (SSSR count). The van der Waals surface area contributed by atoms with Gasteiger partial charge in [0, 0.05) is 10.6 Å². The number of hydrogen-bond donors (Lipinski definition) is 0. The van der Waals surface area contributed by atoms with Gasteiger partial charge in [-0.25, -0.2) is 0 Å². The summed E-state index contributed by atoms with van der Waals surface area (Å²) in [6, 6.07) is 19.3. The van der Waals surface area contributed by atoms with Crippen LogP contribution in [0.4, 0.5) is 0 Å². The van der Waals surface area contributed by atoms with E-state index in [4.69, 9.17) is 4.52 Å². The zero-order chi connectivity index (χ0) is 15.5. The molecule has 0 bridgehead atoms. The zero-order valence-corrected chi connectivity index (χ0v) is 14.0. The molecule has 0 N–H and O–H groups in total. The van der Waals surface area contributed by atoms with Crippen molar-refractivity contribution in [3.63, 3.8) is 0 Å². The molecule has 1 aliphatic carbocycles. The van der Waals surface area contributed by atoms with Crippen LogP contribution in [-0.2, 0) is 9.09 Å². The van der Waals surface area contributed by atoms with E-state index in [2.05, 4.69) is 6.92 Å². The summed E-state index contributed by atoms with van der Waals surface area (Å²) < 4.78 is 20.3. The summed E-state index contributed by atoms with van der Waals surface area (Å²) >= 11 is 0. The highest BCUT2D eigenvalue weighted by Gasteiger charge is 2.38. The van der Waals surface area contributed by atoms with Gasteiger partial charge in [-0.1, -0.05) is 55.7 Å². The normalized spacial score (nSPS) is 18.0. The van der Waals surface area contributed by atoms with Crippen LogP contribution >= 0.6 is 7.37 Å². The second kappa shape index (κ2) is 6.40. The van der Waals surface area contributed by atoms with E-state index >= 15 is 0 Å². The molecule has 2 nitrogen and oxygen atoms in total. The van der Waals surface area contributed by atoms with Crippen molar-refractivity contribution in [3.05, 3.63) is 60.7 Å². The van der Waals surface area contributed by atoms with Crippen molar-refractivity contribution < 1.29 is 9.09 Å². The number of benzene rings is 2. The quantitative estimate of drug-likeness (QED) is 0.768. The lowest BCUT2D eigenvalue weighted by Crippen LogP contribution is -2.34. The summed E-state index contributed by atoms with van der Waals surface area (Å²) in [5.74, 6) is 0. The van der Waals surface area contributed by atoms with E-state index < -0.39 is 7.37 Å². The largest absolute Gasteiger partial charge is 0.316 e. The van der Waals surface area contributed by atoms with E-state index in [9.17, 15) is 4.57 Å². The second-order valence-electron chi connectivity index (χ2n) is 6.32. The Hall–Kier alpha value is -1.37. The highest BCUT2D eigenvalue weighted by molar-refractivity contribution is 7.74. The Bertz CT molecular complexity index is 602. The van der Waals surface area contributed by atoms with Gasteiger partial charge in [0.15, 0.2) is 0 Å². The maximum absolute atomic E-state index is 13.9. The summed E-state index contributed by atoms with van der Waals surface area (Å²) in [5, 5.41) is 1.57. The third-order valence-electron chi connectivity index (χ3n) is 4.45. The Kier molecular flexibility index (Phi) is 4.52. The van der Waals surface area contributed by atoms with Gasteiger partial charge in [-0.3, -0.25) is 4.57 Å². The molecule has 0 aliphatic heterocycles. The standard InChI is InChI=1S/C19H23O2P/c1-19(15-9-4-10-16-19)21-22(20,17-11-5-2-6-12-17)18-13-7-3-8-14-18/h2-3,5-8,11-14H,4,9-10,15-16H2,1H3. The molecule has 0 atom stereocenters. The molecule has 2 aromatic carbocycles. The zero-order valence-electron chi connectivity index (χ0n) is 13.1. The van der Waals surface area contributed by atoms with E-state index in [0.717, 1.165) is 36.3 Å². The average molecular weight is 314 g/mol. The molecular formula is C19H23O2P. The molecule has 0 amide bonds. The Morgan fingerprint density at radius 1 is 0.818 bits per heavy atom. The summed E-state index contributed by atoms with van der Waals surface area (Å²) in [6.07, 6.45) is 5.52. The van der Waals surface area contributed by atoms with Gasteiger partial charge in [0.1, 0.15) is 0 Å². The van der Waals surface area contributed by atoms with E-state index in [1.807, 2.05) is 60.7 Å². The fourth-order valence-electron chi connectivity index (χ4n) is 3.20. The molecule has 0 unspecified atom stereocenters. The SMILES string of the molecule is CC1(OP(=O)(c2ccccc2)c2ccccc2)CCCCC1.